The zero-order valence-corrected chi connectivity index (χ0v) is 14.1. The summed E-state index contributed by atoms with van der Waals surface area (Å²) < 4.78 is 5.48. The lowest BCUT2D eigenvalue weighted by Gasteiger charge is -2.14. The van der Waals surface area contributed by atoms with Crippen LogP contribution in [0.5, 0.6) is 0 Å². The second-order valence-electron chi connectivity index (χ2n) is 4.92. The number of aryl methyl sites for hydroxylation is 1. The molecule has 118 valence electrons. The number of rotatable bonds is 6. The summed E-state index contributed by atoms with van der Waals surface area (Å²) in [5, 5.41) is 2.39. The topological polar surface area (TPSA) is 58.6 Å². The van der Waals surface area contributed by atoms with Crippen LogP contribution < -0.4 is 5.32 Å². The Morgan fingerprint density at radius 1 is 1.45 bits per heavy atom. The molecule has 0 aliphatic carbocycles. The molecule has 1 aliphatic heterocycles. The first-order valence-electron chi connectivity index (χ1n) is 6.89. The molecule has 0 saturated carbocycles. The van der Waals surface area contributed by atoms with Gasteiger partial charge in [-0.05, 0) is 18.6 Å². The van der Waals surface area contributed by atoms with Gasteiger partial charge >= 0.3 is 0 Å². The van der Waals surface area contributed by atoms with Gasteiger partial charge in [-0.1, -0.05) is 42.2 Å². The number of thiocarbonyl (C=S) groups is 1. The number of methoxy groups -OCH3 is 1. The average Bonchev–Trinajstić information content (AvgIpc) is 2.74. The molecule has 2 rings (SSSR count). The highest BCUT2D eigenvalue weighted by atomic mass is 32.2. The Bertz CT molecular complexity index is 592. The van der Waals surface area contributed by atoms with Crippen LogP contribution in [0.3, 0.4) is 0 Å². The Morgan fingerprint density at radius 3 is 2.86 bits per heavy atom. The molecule has 7 heteroatoms. The van der Waals surface area contributed by atoms with Crippen LogP contribution in [-0.2, 0) is 14.3 Å². The number of anilines is 1. The van der Waals surface area contributed by atoms with Crippen LogP contribution in [-0.4, -0.2) is 46.5 Å². The van der Waals surface area contributed by atoms with Gasteiger partial charge in [0.1, 0.15) is 4.32 Å². The van der Waals surface area contributed by atoms with E-state index >= 15 is 0 Å². The van der Waals surface area contributed by atoms with E-state index < -0.39 is 5.25 Å². The summed E-state index contributed by atoms with van der Waals surface area (Å²) in [6.07, 6.45) is 0.113. The second-order valence-corrected chi connectivity index (χ2v) is 6.76. The Balaban J connectivity index is 1.93. The maximum atomic E-state index is 12.3. The third-order valence-corrected chi connectivity index (χ3v) is 4.90. The summed E-state index contributed by atoms with van der Waals surface area (Å²) >= 11 is 6.46. The highest BCUT2D eigenvalue weighted by Gasteiger charge is 2.37. The third kappa shape index (κ3) is 4.06. The molecular formula is C15H18N2O3S2. The highest BCUT2D eigenvalue weighted by molar-refractivity contribution is 8.24. The van der Waals surface area contributed by atoms with Crippen LogP contribution in [0.2, 0.25) is 0 Å². The van der Waals surface area contributed by atoms with Crippen molar-refractivity contribution >= 4 is 45.8 Å². The van der Waals surface area contributed by atoms with Crippen molar-refractivity contribution in [2.45, 2.75) is 18.6 Å². The van der Waals surface area contributed by atoms with E-state index in [2.05, 4.69) is 5.32 Å². The van der Waals surface area contributed by atoms with E-state index in [1.165, 1.54) is 16.7 Å². The summed E-state index contributed by atoms with van der Waals surface area (Å²) in [7, 11) is 1.57. The maximum Gasteiger partial charge on any atom is 0.242 e. The summed E-state index contributed by atoms with van der Waals surface area (Å²) in [5.74, 6) is -0.302. The number of hydrogen-bond acceptors (Lipinski definition) is 5. The first-order valence-corrected chi connectivity index (χ1v) is 8.18. The fourth-order valence-electron chi connectivity index (χ4n) is 2.10. The van der Waals surface area contributed by atoms with E-state index in [0.29, 0.717) is 17.5 Å². The Labute approximate surface area is 139 Å². The maximum absolute atomic E-state index is 12.3. The average molecular weight is 338 g/mol. The molecule has 2 amide bonds. The number of nitrogens with zero attached hydrogens (tertiary/aromatic N) is 1. The largest absolute Gasteiger partial charge is 0.383 e. The lowest BCUT2D eigenvalue weighted by atomic mass is 10.2. The van der Waals surface area contributed by atoms with Crippen LogP contribution in [0.4, 0.5) is 5.69 Å². The molecule has 22 heavy (non-hydrogen) atoms. The second kappa shape index (κ2) is 7.71. The molecule has 5 nitrogen and oxygen atoms in total. The monoisotopic (exact) mass is 338 g/mol. The molecule has 1 atom stereocenters. The molecule has 0 radical (unpaired) electrons. The molecule has 1 fully saturated rings. The van der Waals surface area contributed by atoms with Gasteiger partial charge < -0.3 is 10.1 Å². The van der Waals surface area contributed by atoms with Crippen LogP contribution in [0.15, 0.2) is 24.3 Å². The number of nitrogens with one attached hydrogen (secondary N) is 1. The number of carbonyl (C=O) groups excluding carboxylic acids is 2. The van der Waals surface area contributed by atoms with Crippen molar-refractivity contribution in [2.24, 2.45) is 0 Å². The summed E-state index contributed by atoms with van der Waals surface area (Å²) in [4.78, 5) is 25.9. The smallest absolute Gasteiger partial charge is 0.242 e. The van der Waals surface area contributed by atoms with Crippen molar-refractivity contribution in [1.29, 1.82) is 0 Å². The number of benzene rings is 1. The minimum absolute atomic E-state index is 0.113. The number of thioether (sulfide) groups is 1. The molecule has 0 spiro atoms. The molecule has 1 aromatic rings. The SMILES string of the molecule is COCCN1C(=O)[C@@H](CC(=O)Nc2ccccc2C)SC1=S. The normalized spacial score (nSPS) is 17.9. The Kier molecular flexibility index (Phi) is 5.93. The van der Waals surface area contributed by atoms with E-state index in [9.17, 15) is 9.59 Å². The Morgan fingerprint density at radius 2 is 2.18 bits per heavy atom. The first-order chi connectivity index (χ1) is 10.5. The molecule has 1 aliphatic rings. The molecule has 0 unspecified atom stereocenters. The van der Waals surface area contributed by atoms with Gasteiger partial charge in [-0.2, -0.15) is 0 Å². The Hall–Kier alpha value is -1.44. The first kappa shape index (κ1) is 16.9. The number of amides is 2. The lowest BCUT2D eigenvalue weighted by Crippen LogP contribution is -2.35. The van der Waals surface area contributed by atoms with Gasteiger partial charge in [0.2, 0.25) is 11.8 Å². The van der Waals surface area contributed by atoms with Gasteiger partial charge in [0.25, 0.3) is 0 Å². The van der Waals surface area contributed by atoms with Crippen LogP contribution in [0.1, 0.15) is 12.0 Å². The van der Waals surface area contributed by atoms with Gasteiger partial charge in [0.15, 0.2) is 0 Å². The molecule has 1 saturated heterocycles. The van der Waals surface area contributed by atoms with E-state index in [1.54, 1.807) is 7.11 Å². The van der Waals surface area contributed by atoms with Crippen LogP contribution >= 0.6 is 24.0 Å². The van der Waals surface area contributed by atoms with E-state index in [-0.39, 0.29) is 18.2 Å². The minimum atomic E-state index is -0.451. The molecule has 1 heterocycles. The van der Waals surface area contributed by atoms with Crippen LogP contribution in [0, 0.1) is 6.92 Å². The van der Waals surface area contributed by atoms with E-state index in [0.717, 1.165) is 11.3 Å². The summed E-state index contributed by atoms with van der Waals surface area (Å²) in [5.41, 5.74) is 1.75. The van der Waals surface area contributed by atoms with Crippen molar-refractivity contribution < 1.29 is 14.3 Å². The van der Waals surface area contributed by atoms with Crippen molar-refractivity contribution in [3.8, 4) is 0 Å². The van der Waals surface area contributed by atoms with Gasteiger partial charge in [0.05, 0.1) is 18.4 Å². The molecular weight excluding hydrogens is 320 g/mol. The highest BCUT2D eigenvalue weighted by Crippen LogP contribution is 2.29. The van der Waals surface area contributed by atoms with Crippen molar-refractivity contribution in [3.63, 3.8) is 0 Å². The number of carbonyl (C=O) groups is 2. The fraction of sp³-hybridized carbons (Fsp3) is 0.400. The van der Waals surface area contributed by atoms with E-state index in [4.69, 9.17) is 17.0 Å². The lowest BCUT2D eigenvalue weighted by molar-refractivity contribution is -0.128. The number of hydrogen-bond donors (Lipinski definition) is 1. The van der Waals surface area contributed by atoms with E-state index in [1.807, 2.05) is 31.2 Å². The molecule has 0 bridgehead atoms. The van der Waals surface area contributed by atoms with Crippen molar-refractivity contribution in [3.05, 3.63) is 29.8 Å². The van der Waals surface area contributed by atoms with Gasteiger partial charge in [-0.25, -0.2) is 0 Å². The molecule has 1 aromatic carbocycles. The number of para-hydroxylation sites is 1. The van der Waals surface area contributed by atoms with Gasteiger partial charge in [-0.15, -0.1) is 0 Å². The summed E-state index contributed by atoms with van der Waals surface area (Å²) in [6.45, 7) is 2.78. The van der Waals surface area contributed by atoms with Crippen molar-refractivity contribution in [2.75, 3.05) is 25.6 Å². The standard InChI is InChI=1S/C15H18N2O3S2/c1-10-5-3-4-6-11(10)16-13(18)9-12-14(19)17(7-8-20-2)15(21)22-12/h3-6,12H,7-9H2,1-2H3,(H,16,18)/t12-/m1/s1. The zero-order valence-electron chi connectivity index (χ0n) is 12.5. The fourth-order valence-corrected chi connectivity index (χ4v) is 3.64. The van der Waals surface area contributed by atoms with Gasteiger partial charge in [-0.3, -0.25) is 14.5 Å². The zero-order chi connectivity index (χ0) is 16.1. The minimum Gasteiger partial charge on any atom is -0.383 e. The molecule has 0 aromatic heterocycles. The third-order valence-electron chi connectivity index (χ3n) is 3.31. The van der Waals surface area contributed by atoms with Gasteiger partial charge in [0, 0.05) is 19.2 Å². The quantitative estimate of drug-likeness (QED) is 0.806. The summed E-state index contributed by atoms with van der Waals surface area (Å²) in [6, 6.07) is 7.53. The molecule has 1 N–H and O–H groups in total. The predicted octanol–water partition coefficient (Wildman–Crippen LogP) is 2.20. The van der Waals surface area contributed by atoms with Crippen LogP contribution in [0.25, 0.3) is 0 Å². The predicted molar refractivity (Wildman–Crippen MR) is 92.0 cm³/mol. The number of ether oxygens (including phenoxy) is 1. The van der Waals surface area contributed by atoms with Crippen molar-refractivity contribution in [1.82, 2.24) is 4.90 Å².